The number of fused-ring (bicyclic) bond motifs is 4. The Balaban J connectivity index is 1.58. The summed E-state index contributed by atoms with van der Waals surface area (Å²) in [4.78, 5) is 24.7. The number of nitrogens with zero attached hydrogens (tertiary/aromatic N) is 3. The lowest BCUT2D eigenvalue weighted by molar-refractivity contribution is -0.436. The van der Waals surface area contributed by atoms with Crippen LogP contribution in [-0.4, -0.2) is 47.5 Å². The van der Waals surface area contributed by atoms with Gasteiger partial charge in [0.05, 0.1) is 33.6 Å². The van der Waals surface area contributed by atoms with Crippen LogP contribution in [0.2, 0.25) is 10.0 Å². The van der Waals surface area contributed by atoms with E-state index in [9.17, 15) is 20.0 Å². The third kappa shape index (κ3) is 5.95. The van der Waals surface area contributed by atoms with Gasteiger partial charge in [0.15, 0.2) is 12.3 Å². The SMILES string of the molecule is Cc1ccc2ccc3c(c2c1)C(C)(C)\C(=C/C=C(C#N)/C=C/C1=[N+](CCC(=O)O)c2cc(Cl)c(Cl)cc2C1(C)C)N3CCOC=O. The summed E-state index contributed by atoms with van der Waals surface area (Å²) in [5, 5.41) is 22.8. The van der Waals surface area contributed by atoms with Crippen molar-refractivity contribution in [2.45, 2.75) is 51.9 Å². The number of aliphatic carboxylic acids is 1. The third-order valence-electron chi connectivity index (χ3n) is 8.96. The summed E-state index contributed by atoms with van der Waals surface area (Å²) < 4.78 is 7.03. The summed E-state index contributed by atoms with van der Waals surface area (Å²) in [6, 6.07) is 16.5. The highest BCUT2D eigenvalue weighted by atomic mass is 35.5. The molecule has 0 atom stereocenters. The number of carboxylic acids is 1. The molecule has 0 aliphatic carbocycles. The van der Waals surface area contributed by atoms with E-state index in [1.54, 1.807) is 18.2 Å². The highest BCUT2D eigenvalue weighted by Crippen LogP contribution is 2.51. The molecule has 5 rings (SSSR count). The summed E-state index contributed by atoms with van der Waals surface area (Å²) in [5.74, 6) is -0.912. The summed E-state index contributed by atoms with van der Waals surface area (Å²) in [6.07, 6.45) is 7.31. The molecule has 236 valence electrons. The molecule has 0 spiro atoms. The second kappa shape index (κ2) is 12.8. The number of hydrogen-bond donors (Lipinski definition) is 1. The fourth-order valence-corrected chi connectivity index (χ4v) is 7.03. The number of carboxylic acid groups (broad SMARTS) is 1. The third-order valence-corrected chi connectivity index (χ3v) is 9.68. The van der Waals surface area contributed by atoms with Gasteiger partial charge in [0.2, 0.25) is 5.69 Å². The first-order valence-corrected chi connectivity index (χ1v) is 15.8. The van der Waals surface area contributed by atoms with Gasteiger partial charge in [-0.15, -0.1) is 0 Å². The smallest absolute Gasteiger partial charge is 0.309 e. The van der Waals surface area contributed by atoms with E-state index in [1.165, 1.54) is 5.56 Å². The summed E-state index contributed by atoms with van der Waals surface area (Å²) in [7, 11) is 0. The largest absolute Gasteiger partial charge is 0.481 e. The molecular weight excluding hydrogens is 621 g/mol. The number of benzene rings is 3. The molecule has 2 aliphatic rings. The summed E-state index contributed by atoms with van der Waals surface area (Å²) >= 11 is 12.8. The molecule has 46 heavy (non-hydrogen) atoms. The molecule has 3 aromatic rings. The number of hydrogen-bond acceptors (Lipinski definition) is 5. The van der Waals surface area contributed by atoms with Crippen LogP contribution in [0.15, 0.2) is 78.0 Å². The molecule has 0 saturated carbocycles. The number of nitriles is 1. The number of ether oxygens (including phenoxy) is 1. The normalized spacial score (nSPS) is 17.5. The van der Waals surface area contributed by atoms with Crippen molar-refractivity contribution in [2.75, 3.05) is 24.6 Å². The Kier molecular flexibility index (Phi) is 9.17. The molecule has 9 heteroatoms. The van der Waals surface area contributed by atoms with Crippen molar-refractivity contribution < 1.29 is 24.0 Å². The maximum Gasteiger partial charge on any atom is 0.309 e. The van der Waals surface area contributed by atoms with Gasteiger partial charge >= 0.3 is 5.97 Å². The zero-order valence-electron chi connectivity index (χ0n) is 26.5. The monoisotopic (exact) mass is 656 g/mol. The molecule has 0 amide bonds. The van der Waals surface area contributed by atoms with E-state index in [-0.39, 0.29) is 19.6 Å². The highest BCUT2D eigenvalue weighted by Gasteiger charge is 2.45. The highest BCUT2D eigenvalue weighted by molar-refractivity contribution is 6.42. The first-order chi connectivity index (χ1) is 21.8. The van der Waals surface area contributed by atoms with Crippen LogP contribution < -0.4 is 4.90 Å². The number of carbonyl (C=O) groups excluding carboxylic acids is 1. The van der Waals surface area contributed by atoms with Crippen LogP contribution in [0.25, 0.3) is 10.8 Å². The van der Waals surface area contributed by atoms with Crippen LogP contribution in [0.3, 0.4) is 0 Å². The van der Waals surface area contributed by atoms with Gasteiger partial charge in [-0.2, -0.15) is 9.84 Å². The fourth-order valence-electron chi connectivity index (χ4n) is 6.71. The number of rotatable bonds is 10. The Morgan fingerprint density at radius 1 is 1.09 bits per heavy atom. The zero-order valence-corrected chi connectivity index (χ0v) is 28.0. The molecule has 0 radical (unpaired) electrons. The van der Waals surface area contributed by atoms with Crippen LogP contribution in [0.1, 0.15) is 50.8 Å². The van der Waals surface area contributed by atoms with E-state index in [1.807, 2.05) is 36.6 Å². The minimum atomic E-state index is -0.912. The second-order valence-electron chi connectivity index (χ2n) is 12.6. The number of aryl methyl sites for hydroxylation is 1. The molecule has 2 aliphatic heterocycles. The van der Waals surface area contributed by atoms with Crippen molar-refractivity contribution in [2.24, 2.45) is 0 Å². The molecule has 7 nitrogen and oxygen atoms in total. The lowest BCUT2D eigenvalue weighted by atomic mass is 9.80. The number of anilines is 1. The number of carbonyl (C=O) groups is 2. The molecule has 2 heterocycles. The van der Waals surface area contributed by atoms with E-state index >= 15 is 0 Å². The minimum Gasteiger partial charge on any atom is -0.481 e. The Morgan fingerprint density at radius 2 is 1.80 bits per heavy atom. The molecule has 3 aromatic carbocycles. The second-order valence-corrected chi connectivity index (χ2v) is 13.5. The van der Waals surface area contributed by atoms with Gasteiger partial charge in [-0.05, 0) is 67.5 Å². The lowest BCUT2D eigenvalue weighted by Gasteiger charge is -2.26. The van der Waals surface area contributed by atoms with Crippen molar-refractivity contribution in [3.63, 3.8) is 0 Å². The number of allylic oxidation sites excluding steroid dienone is 6. The topological polar surface area (TPSA) is 93.6 Å². The van der Waals surface area contributed by atoms with Gasteiger partial charge in [-0.1, -0.05) is 66.9 Å². The lowest BCUT2D eigenvalue weighted by Crippen LogP contribution is -2.29. The van der Waals surface area contributed by atoms with Crippen molar-refractivity contribution in [1.29, 1.82) is 5.26 Å². The maximum atomic E-state index is 11.5. The van der Waals surface area contributed by atoms with Crippen LogP contribution in [0.4, 0.5) is 11.4 Å². The quantitative estimate of drug-likeness (QED) is 0.0778. The fraction of sp³-hybridized carbons (Fsp3) is 0.297. The zero-order chi connectivity index (χ0) is 33.4. The van der Waals surface area contributed by atoms with Gasteiger partial charge in [0.1, 0.15) is 13.0 Å². The Bertz CT molecular complexity index is 1930. The van der Waals surface area contributed by atoms with Crippen molar-refractivity contribution >= 4 is 63.5 Å². The van der Waals surface area contributed by atoms with Gasteiger partial charge in [0, 0.05) is 34.5 Å². The first-order valence-electron chi connectivity index (χ1n) is 15.0. The van der Waals surface area contributed by atoms with Gasteiger partial charge in [0.25, 0.3) is 6.47 Å². The molecule has 0 saturated heterocycles. The van der Waals surface area contributed by atoms with E-state index in [4.69, 9.17) is 27.9 Å². The maximum absolute atomic E-state index is 11.5. The van der Waals surface area contributed by atoms with Crippen LogP contribution in [0.5, 0.6) is 0 Å². The van der Waals surface area contributed by atoms with Crippen LogP contribution in [-0.2, 0) is 25.2 Å². The molecule has 0 fully saturated rings. The predicted octanol–water partition coefficient (Wildman–Crippen LogP) is 8.17. The van der Waals surface area contributed by atoms with Crippen LogP contribution >= 0.6 is 23.2 Å². The Morgan fingerprint density at radius 3 is 2.50 bits per heavy atom. The predicted molar refractivity (Wildman–Crippen MR) is 184 cm³/mol. The summed E-state index contributed by atoms with van der Waals surface area (Å²) in [6.45, 7) is 11.8. The Labute approximate surface area is 279 Å². The standard InChI is InChI=1S/C37H35Cl2N3O4/c1-23-6-9-25-10-11-30-35(26(25)18-23)37(4,5)33(42(30)16-17-46-22-43)13-8-24(21-40)7-12-32-36(2,3)27-19-28(38)29(39)20-31(27)41(32)15-14-34(44)45/h6-13,18-20,22H,14-17H2,1-5H3/p+1. The molecular formula is C37H36Cl2N3O4+. The van der Waals surface area contributed by atoms with Gasteiger partial charge in [-0.3, -0.25) is 9.59 Å². The van der Waals surface area contributed by atoms with E-state index in [0.29, 0.717) is 28.6 Å². The average molecular weight is 658 g/mol. The summed E-state index contributed by atoms with van der Waals surface area (Å²) in [5.41, 5.74) is 6.39. The van der Waals surface area contributed by atoms with E-state index in [2.05, 4.69) is 62.1 Å². The molecule has 0 aromatic heterocycles. The van der Waals surface area contributed by atoms with Crippen molar-refractivity contribution in [3.05, 3.63) is 105 Å². The van der Waals surface area contributed by atoms with Gasteiger partial charge in [-0.25, -0.2) is 0 Å². The Hall–Kier alpha value is -4.38. The van der Waals surface area contributed by atoms with Crippen molar-refractivity contribution in [1.82, 2.24) is 0 Å². The molecule has 1 N–H and O–H groups in total. The first kappa shape index (κ1) is 33.0. The van der Waals surface area contributed by atoms with E-state index in [0.717, 1.165) is 44.7 Å². The van der Waals surface area contributed by atoms with E-state index < -0.39 is 16.8 Å². The number of halogens is 2. The van der Waals surface area contributed by atoms with Gasteiger partial charge < -0.3 is 14.7 Å². The van der Waals surface area contributed by atoms with Crippen molar-refractivity contribution in [3.8, 4) is 6.07 Å². The molecule has 0 unspecified atom stereocenters. The average Bonchev–Trinajstić information content (AvgIpc) is 3.34. The minimum absolute atomic E-state index is 0.0757. The van der Waals surface area contributed by atoms with Crippen LogP contribution in [0, 0.1) is 18.3 Å². The molecule has 0 bridgehead atoms.